The molecule has 1 unspecified atom stereocenters. The minimum absolute atomic E-state index is 0.0479. The Morgan fingerprint density at radius 2 is 2.24 bits per heavy atom. The van der Waals surface area contributed by atoms with Gasteiger partial charge in [-0.2, -0.15) is 0 Å². The molecule has 0 aliphatic heterocycles. The third-order valence-electron chi connectivity index (χ3n) is 3.29. The van der Waals surface area contributed by atoms with Crippen LogP contribution in [0, 0.1) is 12.8 Å². The van der Waals surface area contributed by atoms with Crippen molar-refractivity contribution in [2.24, 2.45) is 11.7 Å². The Labute approximate surface area is 107 Å². The topological polar surface area (TPSA) is 43.1 Å². The van der Waals surface area contributed by atoms with Gasteiger partial charge in [0.2, 0.25) is 0 Å². The highest BCUT2D eigenvalue weighted by atomic mass is 35.5. The molecule has 0 aromatic heterocycles. The highest BCUT2D eigenvalue weighted by molar-refractivity contribution is 6.31. The van der Waals surface area contributed by atoms with Gasteiger partial charge < -0.3 is 5.73 Å². The highest BCUT2D eigenvalue weighted by Crippen LogP contribution is 2.33. The van der Waals surface area contributed by atoms with Gasteiger partial charge >= 0.3 is 0 Å². The predicted molar refractivity (Wildman–Crippen MR) is 70.2 cm³/mol. The van der Waals surface area contributed by atoms with Crippen molar-refractivity contribution in [2.45, 2.75) is 38.6 Å². The Kier molecular flexibility index (Phi) is 3.85. The van der Waals surface area contributed by atoms with Gasteiger partial charge in [0.25, 0.3) is 0 Å². The summed E-state index contributed by atoms with van der Waals surface area (Å²) in [6.45, 7) is 1.99. The number of benzene rings is 1. The van der Waals surface area contributed by atoms with Gasteiger partial charge in [-0.1, -0.05) is 23.7 Å². The smallest absolute Gasteiger partial charge is 0.138 e. The highest BCUT2D eigenvalue weighted by Gasteiger charge is 2.29. The second kappa shape index (κ2) is 5.19. The van der Waals surface area contributed by atoms with E-state index in [1.807, 2.05) is 25.1 Å². The van der Waals surface area contributed by atoms with E-state index < -0.39 is 0 Å². The zero-order valence-electron chi connectivity index (χ0n) is 10.1. The zero-order valence-corrected chi connectivity index (χ0v) is 10.8. The number of carbonyl (C=O) groups excluding carboxylic acids is 1. The van der Waals surface area contributed by atoms with Crippen LogP contribution in [-0.4, -0.2) is 11.8 Å². The summed E-state index contributed by atoms with van der Waals surface area (Å²) >= 11 is 6.10. The molecule has 1 aromatic rings. The number of ketones is 1. The molecule has 0 radical (unpaired) electrons. The lowest BCUT2D eigenvalue weighted by atomic mass is 10.0. The van der Waals surface area contributed by atoms with E-state index in [0.717, 1.165) is 11.1 Å². The van der Waals surface area contributed by atoms with Gasteiger partial charge in [0.15, 0.2) is 0 Å². The van der Waals surface area contributed by atoms with E-state index in [-0.39, 0.29) is 11.8 Å². The third-order valence-corrected chi connectivity index (χ3v) is 3.64. The van der Waals surface area contributed by atoms with Gasteiger partial charge in [0, 0.05) is 23.9 Å². The molecule has 1 aliphatic rings. The van der Waals surface area contributed by atoms with Crippen molar-refractivity contribution >= 4 is 17.4 Å². The van der Waals surface area contributed by atoms with Crippen LogP contribution in [0.15, 0.2) is 18.2 Å². The minimum atomic E-state index is 0.0479. The van der Waals surface area contributed by atoms with E-state index in [4.69, 9.17) is 17.3 Å². The largest absolute Gasteiger partial charge is 0.327 e. The predicted octanol–water partition coefficient (Wildman–Crippen LogP) is 2.89. The number of hydrogen-bond donors (Lipinski definition) is 1. The summed E-state index contributed by atoms with van der Waals surface area (Å²) in [6, 6.07) is 5.85. The molecule has 2 rings (SSSR count). The molecule has 1 aliphatic carbocycles. The SMILES string of the molecule is Cc1ccc(CC(=O)CC(N)C2CC2)c(Cl)c1. The maximum atomic E-state index is 11.9. The fraction of sp³-hybridized carbons (Fsp3) is 0.500. The standard InChI is InChI=1S/C14H18ClNO/c1-9-2-3-11(13(15)6-9)7-12(17)8-14(16)10-4-5-10/h2-3,6,10,14H,4-5,7-8,16H2,1H3. The monoisotopic (exact) mass is 251 g/mol. The van der Waals surface area contributed by atoms with Crippen molar-refractivity contribution in [1.82, 2.24) is 0 Å². The lowest BCUT2D eigenvalue weighted by Crippen LogP contribution is -2.26. The first-order chi connectivity index (χ1) is 8.06. The summed E-state index contributed by atoms with van der Waals surface area (Å²) in [5.74, 6) is 0.766. The van der Waals surface area contributed by atoms with Crippen molar-refractivity contribution in [3.8, 4) is 0 Å². The van der Waals surface area contributed by atoms with Crippen LogP contribution < -0.4 is 5.73 Å². The number of Topliss-reactive ketones (excluding diaryl/α,β-unsaturated/α-hetero) is 1. The number of carbonyl (C=O) groups is 1. The Hall–Kier alpha value is -0.860. The van der Waals surface area contributed by atoms with Crippen LogP contribution in [0.25, 0.3) is 0 Å². The molecule has 17 heavy (non-hydrogen) atoms. The van der Waals surface area contributed by atoms with E-state index in [1.165, 1.54) is 12.8 Å². The summed E-state index contributed by atoms with van der Waals surface area (Å²) in [5.41, 5.74) is 7.96. The van der Waals surface area contributed by atoms with Gasteiger partial charge in [-0.05, 0) is 42.9 Å². The molecule has 1 fully saturated rings. The van der Waals surface area contributed by atoms with Crippen LogP contribution in [0.5, 0.6) is 0 Å². The van der Waals surface area contributed by atoms with Gasteiger partial charge in [-0.15, -0.1) is 0 Å². The molecule has 0 heterocycles. The van der Waals surface area contributed by atoms with Gasteiger partial charge in [-0.3, -0.25) is 4.79 Å². The lowest BCUT2D eigenvalue weighted by Gasteiger charge is -2.10. The molecule has 0 amide bonds. The number of halogens is 1. The first kappa shape index (κ1) is 12.6. The Morgan fingerprint density at radius 3 is 2.82 bits per heavy atom. The molecule has 92 valence electrons. The van der Waals surface area contributed by atoms with E-state index in [2.05, 4.69) is 0 Å². The number of aryl methyl sites for hydroxylation is 1. The van der Waals surface area contributed by atoms with Crippen molar-refractivity contribution in [3.63, 3.8) is 0 Å². The van der Waals surface area contributed by atoms with Crippen molar-refractivity contribution in [3.05, 3.63) is 34.3 Å². The fourth-order valence-corrected chi connectivity index (χ4v) is 2.34. The van der Waals surface area contributed by atoms with E-state index >= 15 is 0 Å². The summed E-state index contributed by atoms with van der Waals surface area (Å²) in [6.07, 6.45) is 3.24. The molecule has 1 saturated carbocycles. The third kappa shape index (κ3) is 3.55. The number of rotatable bonds is 5. The van der Waals surface area contributed by atoms with Crippen LogP contribution in [-0.2, 0) is 11.2 Å². The summed E-state index contributed by atoms with van der Waals surface area (Å²) in [7, 11) is 0. The van der Waals surface area contributed by atoms with Crippen LogP contribution >= 0.6 is 11.6 Å². The maximum Gasteiger partial charge on any atom is 0.138 e. The molecule has 2 nitrogen and oxygen atoms in total. The molecular formula is C14H18ClNO. The van der Waals surface area contributed by atoms with Crippen molar-refractivity contribution in [1.29, 1.82) is 0 Å². The second-order valence-electron chi connectivity index (χ2n) is 5.02. The van der Waals surface area contributed by atoms with E-state index in [1.54, 1.807) is 0 Å². The minimum Gasteiger partial charge on any atom is -0.327 e. The molecular weight excluding hydrogens is 234 g/mol. The van der Waals surface area contributed by atoms with Crippen LogP contribution in [0.1, 0.15) is 30.4 Å². The fourth-order valence-electron chi connectivity index (χ4n) is 2.03. The lowest BCUT2D eigenvalue weighted by molar-refractivity contribution is -0.118. The quantitative estimate of drug-likeness (QED) is 0.875. The number of nitrogens with two attached hydrogens (primary N) is 1. The average Bonchev–Trinajstić information content (AvgIpc) is 3.05. The summed E-state index contributed by atoms with van der Waals surface area (Å²) in [5, 5.41) is 0.679. The van der Waals surface area contributed by atoms with Crippen molar-refractivity contribution < 1.29 is 4.79 Å². The maximum absolute atomic E-state index is 11.9. The molecule has 0 spiro atoms. The Bertz CT molecular complexity index is 426. The molecule has 1 atom stereocenters. The summed E-state index contributed by atoms with van der Waals surface area (Å²) < 4.78 is 0. The Balaban J connectivity index is 1.92. The second-order valence-corrected chi connectivity index (χ2v) is 5.42. The molecule has 1 aromatic carbocycles. The normalized spacial score (nSPS) is 16.9. The van der Waals surface area contributed by atoms with Crippen LogP contribution in [0.3, 0.4) is 0 Å². The first-order valence-electron chi connectivity index (χ1n) is 6.08. The molecule has 2 N–H and O–H groups in total. The van der Waals surface area contributed by atoms with E-state index in [9.17, 15) is 4.79 Å². The molecule has 0 saturated heterocycles. The van der Waals surface area contributed by atoms with Gasteiger partial charge in [0.05, 0.1) is 0 Å². The van der Waals surface area contributed by atoms with Gasteiger partial charge in [-0.25, -0.2) is 0 Å². The van der Waals surface area contributed by atoms with Crippen molar-refractivity contribution in [2.75, 3.05) is 0 Å². The number of hydrogen-bond acceptors (Lipinski definition) is 2. The van der Waals surface area contributed by atoms with E-state index in [0.29, 0.717) is 23.8 Å². The van der Waals surface area contributed by atoms with Crippen LogP contribution in [0.4, 0.5) is 0 Å². The first-order valence-corrected chi connectivity index (χ1v) is 6.46. The molecule has 3 heteroatoms. The summed E-state index contributed by atoms with van der Waals surface area (Å²) in [4.78, 5) is 11.9. The average molecular weight is 252 g/mol. The van der Waals surface area contributed by atoms with Crippen LogP contribution in [0.2, 0.25) is 5.02 Å². The van der Waals surface area contributed by atoms with Gasteiger partial charge in [0.1, 0.15) is 5.78 Å². The Morgan fingerprint density at radius 1 is 1.53 bits per heavy atom. The molecule has 0 bridgehead atoms. The zero-order chi connectivity index (χ0) is 12.4.